The summed E-state index contributed by atoms with van der Waals surface area (Å²) in [5.41, 5.74) is 1.97. The summed E-state index contributed by atoms with van der Waals surface area (Å²) in [4.78, 5) is 24.5. The molecule has 2 aromatic carbocycles. The summed E-state index contributed by atoms with van der Waals surface area (Å²) in [6, 6.07) is 14.5. The van der Waals surface area contributed by atoms with Crippen molar-refractivity contribution < 1.29 is 14.3 Å². The number of carbonyl (C=O) groups is 2. The number of rotatable bonds is 6. The van der Waals surface area contributed by atoms with E-state index in [0.717, 1.165) is 25.0 Å². The molecule has 0 radical (unpaired) electrons. The van der Waals surface area contributed by atoms with Crippen LogP contribution in [-0.2, 0) is 4.79 Å². The van der Waals surface area contributed by atoms with E-state index in [4.69, 9.17) is 4.74 Å². The van der Waals surface area contributed by atoms with E-state index in [1.165, 1.54) is 12.8 Å². The standard InChI is InChI=1S/C23H26N2O3/c1-15-13-21(15)23(27)24-17-11-9-16(10-12-17)22(26)25-18-5-4-8-20(14-18)28-19-6-2-3-7-19/h4-5,8-12,14-15,19,21H,2-3,6-7,13H2,1H3,(H,24,27)(H,25,26). The van der Waals surface area contributed by atoms with E-state index in [1.54, 1.807) is 24.3 Å². The van der Waals surface area contributed by atoms with Gasteiger partial charge < -0.3 is 15.4 Å². The first-order valence-corrected chi connectivity index (χ1v) is 10.1. The van der Waals surface area contributed by atoms with Gasteiger partial charge in [0.2, 0.25) is 5.91 Å². The molecular formula is C23H26N2O3. The van der Waals surface area contributed by atoms with Gasteiger partial charge in [-0.2, -0.15) is 0 Å². The van der Waals surface area contributed by atoms with Gasteiger partial charge in [0.05, 0.1) is 6.10 Å². The van der Waals surface area contributed by atoms with Crippen LogP contribution in [0.25, 0.3) is 0 Å². The molecule has 0 aliphatic heterocycles. The van der Waals surface area contributed by atoms with Gasteiger partial charge in [-0.15, -0.1) is 0 Å². The van der Waals surface area contributed by atoms with Gasteiger partial charge in [-0.25, -0.2) is 0 Å². The van der Waals surface area contributed by atoms with E-state index >= 15 is 0 Å². The lowest BCUT2D eigenvalue weighted by Gasteiger charge is -2.14. The van der Waals surface area contributed by atoms with Crippen LogP contribution in [0.4, 0.5) is 11.4 Å². The van der Waals surface area contributed by atoms with Gasteiger partial charge in [0, 0.05) is 28.9 Å². The summed E-state index contributed by atoms with van der Waals surface area (Å²) >= 11 is 0. The van der Waals surface area contributed by atoms with Gasteiger partial charge in [0.25, 0.3) is 5.91 Å². The van der Waals surface area contributed by atoms with Crippen LogP contribution in [-0.4, -0.2) is 17.9 Å². The van der Waals surface area contributed by atoms with Crippen LogP contribution in [0.2, 0.25) is 0 Å². The summed E-state index contributed by atoms with van der Waals surface area (Å²) in [6.45, 7) is 2.07. The highest BCUT2D eigenvalue weighted by Crippen LogP contribution is 2.38. The molecule has 0 bridgehead atoms. The van der Waals surface area contributed by atoms with Gasteiger partial charge in [-0.1, -0.05) is 13.0 Å². The first-order valence-electron chi connectivity index (χ1n) is 10.1. The molecule has 2 N–H and O–H groups in total. The van der Waals surface area contributed by atoms with Crippen molar-refractivity contribution in [2.45, 2.75) is 45.1 Å². The van der Waals surface area contributed by atoms with E-state index in [9.17, 15) is 9.59 Å². The predicted molar refractivity (Wildman–Crippen MR) is 110 cm³/mol. The topological polar surface area (TPSA) is 67.4 Å². The molecule has 5 heteroatoms. The second-order valence-corrected chi connectivity index (χ2v) is 7.89. The summed E-state index contributed by atoms with van der Waals surface area (Å²) in [5.74, 6) is 1.26. The molecule has 0 saturated heterocycles. The predicted octanol–water partition coefficient (Wildman–Crippen LogP) is 4.85. The molecule has 2 unspecified atom stereocenters. The largest absolute Gasteiger partial charge is 0.490 e. The lowest BCUT2D eigenvalue weighted by atomic mass is 10.1. The summed E-state index contributed by atoms with van der Waals surface area (Å²) in [7, 11) is 0. The highest BCUT2D eigenvalue weighted by molar-refractivity contribution is 6.04. The molecular weight excluding hydrogens is 352 g/mol. The molecule has 28 heavy (non-hydrogen) atoms. The molecule has 5 nitrogen and oxygen atoms in total. The van der Waals surface area contributed by atoms with Gasteiger partial charge >= 0.3 is 0 Å². The molecule has 2 amide bonds. The van der Waals surface area contributed by atoms with Crippen molar-refractivity contribution in [1.29, 1.82) is 0 Å². The van der Waals surface area contributed by atoms with Crippen molar-refractivity contribution in [3.63, 3.8) is 0 Å². The van der Waals surface area contributed by atoms with Gasteiger partial charge in [0.15, 0.2) is 0 Å². The van der Waals surface area contributed by atoms with E-state index in [0.29, 0.717) is 22.9 Å². The normalized spacial score (nSPS) is 21.2. The Morgan fingerprint density at radius 2 is 1.68 bits per heavy atom. The van der Waals surface area contributed by atoms with Crippen molar-refractivity contribution in [3.05, 3.63) is 54.1 Å². The quantitative estimate of drug-likeness (QED) is 0.755. The fourth-order valence-corrected chi connectivity index (χ4v) is 3.68. The average Bonchev–Trinajstić information content (AvgIpc) is 3.20. The fraction of sp³-hybridized carbons (Fsp3) is 0.391. The van der Waals surface area contributed by atoms with Gasteiger partial charge in [-0.3, -0.25) is 9.59 Å². The Hall–Kier alpha value is -2.82. The molecule has 4 rings (SSSR count). The highest BCUT2D eigenvalue weighted by Gasteiger charge is 2.39. The molecule has 0 aromatic heterocycles. The number of hydrogen-bond acceptors (Lipinski definition) is 3. The lowest BCUT2D eigenvalue weighted by Crippen LogP contribution is -2.15. The number of benzene rings is 2. The first-order chi connectivity index (χ1) is 13.6. The Kier molecular flexibility index (Phi) is 5.33. The molecule has 0 spiro atoms. The molecule has 2 aromatic rings. The molecule has 146 valence electrons. The maximum atomic E-state index is 12.5. The first kappa shape index (κ1) is 18.5. The minimum absolute atomic E-state index is 0.0591. The van der Waals surface area contributed by atoms with E-state index in [1.807, 2.05) is 24.3 Å². The molecule has 2 fully saturated rings. The highest BCUT2D eigenvalue weighted by atomic mass is 16.5. The van der Waals surface area contributed by atoms with Crippen LogP contribution in [0, 0.1) is 11.8 Å². The number of amides is 2. The smallest absolute Gasteiger partial charge is 0.255 e. The third kappa shape index (κ3) is 4.53. The number of carbonyl (C=O) groups excluding carboxylic acids is 2. The van der Waals surface area contributed by atoms with Crippen molar-refractivity contribution in [2.24, 2.45) is 11.8 Å². The van der Waals surface area contributed by atoms with Crippen molar-refractivity contribution in [2.75, 3.05) is 10.6 Å². The molecule has 2 aliphatic rings. The second-order valence-electron chi connectivity index (χ2n) is 7.89. The van der Waals surface area contributed by atoms with E-state index in [-0.39, 0.29) is 23.8 Å². The summed E-state index contributed by atoms with van der Waals surface area (Å²) in [6.07, 6.45) is 5.87. The van der Waals surface area contributed by atoms with Gasteiger partial charge in [0.1, 0.15) is 5.75 Å². The number of anilines is 2. The SMILES string of the molecule is CC1CC1C(=O)Nc1ccc(C(=O)Nc2cccc(OC3CCCC3)c2)cc1. The summed E-state index contributed by atoms with van der Waals surface area (Å²) < 4.78 is 6.00. The van der Waals surface area contributed by atoms with Crippen LogP contribution in [0.1, 0.15) is 49.4 Å². The Morgan fingerprint density at radius 3 is 2.36 bits per heavy atom. The third-order valence-corrected chi connectivity index (χ3v) is 5.56. The number of ether oxygens (including phenoxy) is 1. The van der Waals surface area contributed by atoms with Crippen molar-refractivity contribution >= 4 is 23.2 Å². The molecule has 2 saturated carbocycles. The van der Waals surface area contributed by atoms with Crippen molar-refractivity contribution in [1.82, 2.24) is 0 Å². The zero-order valence-corrected chi connectivity index (χ0v) is 16.1. The molecule has 2 atom stereocenters. The van der Waals surface area contributed by atoms with Crippen LogP contribution in [0.3, 0.4) is 0 Å². The Balaban J connectivity index is 1.34. The summed E-state index contributed by atoms with van der Waals surface area (Å²) in [5, 5.41) is 5.82. The molecule has 0 heterocycles. The average molecular weight is 378 g/mol. The Bertz CT molecular complexity index is 856. The number of nitrogens with one attached hydrogen (secondary N) is 2. The maximum Gasteiger partial charge on any atom is 0.255 e. The Morgan fingerprint density at radius 1 is 0.964 bits per heavy atom. The van der Waals surface area contributed by atoms with Crippen LogP contribution < -0.4 is 15.4 Å². The number of hydrogen-bond donors (Lipinski definition) is 2. The van der Waals surface area contributed by atoms with Gasteiger partial charge in [-0.05, 0) is 74.4 Å². The zero-order chi connectivity index (χ0) is 19.5. The minimum atomic E-state index is -0.188. The monoisotopic (exact) mass is 378 g/mol. The third-order valence-electron chi connectivity index (χ3n) is 5.56. The minimum Gasteiger partial charge on any atom is -0.490 e. The van der Waals surface area contributed by atoms with E-state index < -0.39 is 0 Å². The maximum absolute atomic E-state index is 12.5. The van der Waals surface area contributed by atoms with Crippen LogP contribution in [0.5, 0.6) is 5.75 Å². The fourth-order valence-electron chi connectivity index (χ4n) is 3.68. The van der Waals surface area contributed by atoms with Crippen LogP contribution >= 0.6 is 0 Å². The van der Waals surface area contributed by atoms with Crippen molar-refractivity contribution in [3.8, 4) is 5.75 Å². The lowest BCUT2D eigenvalue weighted by molar-refractivity contribution is -0.117. The van der Waals surface area contributed by atoms with Crippen LogP contribution in [0.15, 0.2) is 48.5 Å². The molecule has 2 aliphatic carbocycles. The Labute approximate surface area is 165 Å². The zero-order valence-electron chi connectivity index (χ0n) is 16.1. The van der Waals surface area contributed by atoms with E-state index in [2.05, 4.69) is 17.6 Å². The second kappa shape index (κ2) is 8.05.